The van der Waals surface area contributed by atoms with Crippen LogP contribution in [0.3, 0.4) is 0 Å². The van der Waals surface area contributed by atoms with Gasteiger partial charge in [0.05, 0.1) is 11.0 Å². The van der Waals surface area contributed by atoms with E-state index in [9.17, 15) is 13.7 Å². The van der Waals surface area contributed by atoms with Crippen LogP contribution in [0, 0.1) is 16.7 Å². The minimum Gasteiger partial charge on any atom is -0.222 e. The topological polar surface area (TPSA) is 57.9 Å². The van der Waals surface area contributed by atoms with Crippen LogP contribution in [0.2, 0.25) is 5.02 Å². The smallest absolute Gasteiger partial charge is 0.197 e. The van der Waals surface area contributed by atoms with Crippen molar-refractivity contribution in [2.45, 2.75) is 54.6 Å². The molecule has 0 saturated heterocycles. The molecular formula is C16H18ClNO2S. The van der Waals surface area contributed by atoms with Gasteiger partial charge in [-0.1, -0.05) is 30.9 Å². The fraction of sp³-hybridized carbons (Fsp3) is 0.562. The van der Waals surface area contributed by atoms with Crippen LogP contribution in [0.25, 0.3) is 0 Å². The third kappa shape index (κ3) is 2.27. The van der Waals surface area contributed by atoms with Gasteiger partial charge in [0.25, 0.3) is 0 Å². The van der Waals surface area contributed by atoms with Crippen LogP contribution in [-0.2, 0) is 9.84 Å². The Labute approximate surface area is 130 Å². The molecule has 0 bridgehead atoms. The van der Waals surface area contributed by atoms with Gasteiger partial charge in [-0.2, -0.15) is 5.26 Å². The van der Waals surface area contributed by atoms with Crippen molar-refractivity contribution < 1.29 is 8.42 Å². The van der Waals surface area contributed by atoms with Gasteiger partial charge in [0, 0.05) is 5.02 Å². The number of nitriles is 1. The lowest BCUT2D eigenvalue weighted by Gasteiger charge is -2.53. The summed E-state index contributed by atoms with van der Waals surface area (Å²) < 4.78 is 24.4. The predicted octanol–water partition coefficient (Wildman–Crippen LogP) is 4.12. The fourth-order valence-electron chi connectivity index (χ4n) is 3.98. The molecule has 0 unspecified atom stereocenters. The van der Waals surface area contributed by atoms with Crippen molar-refractivity contribution in [2.75, 3.05) is 0 Å². The van der Waals surface area contributed by atoms with Gasteiger partial charge in [-0.15, -0.1) is 0 Å². The van der Waals surface area contributed by atoms with Crippen molar-refractivity contribution in [1.82, 2.24) is 0 Å². The Balaban J connectivity index is 1.91. The molecule has 2 fully saturated rings. The Hall–Kier alpha value is -1.05. The van der Waals surface area contributed by atoms with Crippen LogP contribution in [-0.4, -0.2) is 13.2 Å². The average molecular weight is 324 g/mol. The molecule has 2 aliphatic rings. The number of hydrogen-bond acceptors (Lipinski definition) is 3. The van der Waals surface area contributed by atoms with Gasteiger partial charge in [0.15, 0.2) is 14.6 Å². The summed E-state index contributed by atoms with van der Waals surface area (Å²) in [6.45, 7) is 0. The normalized spacial score (nSPS) is 23.2. The largest absolute Gasteiger partial charge is 0.222 e. The Morgan fingerprint density at radius 2 is 1.62 bits per heavy atom. The molecule has 21 heavy (non-hydrogen) atoms. The molecule has 0 heterocycles. The van der Waals surface area contributed by atoms with Crippen molar-refractivity contribution in [3.8, 4) is 6.07 Å². The third-order valence-corrected chi connectivity index (χ3v) is 7.63. The first kappa shape index (κ1) is 14.9. The molecule has 2 aliphatic carbocycles. The monoisotopic (exact) mass is 323 g/mol. The number of halogens is 1. The van der Waals surface area contributed by atoms with Crippen molar-refractivity contribution >= 4 is 21.4 Å². The van der Waals surface area contributed by atoms with E-state index in [2.05, 4.69) is 6.07 Å². The van der Waals surface area contributed by atoms with Crippen molar-refractivity contribution in [3.63, 3.8) is 0 Å². The van der Waals surface area contributed by atoms with Crippen molar-refractivity contribution in [1.29, 1.82) is 5.26 Å². The Morgan fingerprint density at radius 3 is 2.14 bits per heavy atom. The molecule has 5 heteroatoms. The summed E-state index contributed by atoms with van der Waals surface area (Å²) in [6, 6.07) is 8.25. The Bertz CT molecular complexity index is 674. The summed E-state index contributed by atoms with van der Waals surface area (Å²) in [7, 11) is -3.63. The Morgan fingerprint density at radius 1 is 1.05 bits per heavy atom. The molecule has 1 aromatic rings. The molecule has 0 aromatic heterocycles. The van der Waals surface area contributed by atoms with Crippen LogP contribution in [0.15, 0.2) is 29.2 Å². The first-order valence-electron chi connectivity index (χ1n) is 7.35. The molecule has 3 rings (SSSR count). The van der Waals surface area contributed by atoms with Gasteiger partial charge in [0.2, 0.25) is 0 Å². The third-order valence-electron chi connectivity index (χ3n) is 5.08. The number of hydrogen-bond donors (Lipinski definition) is 0. The van der Waals surface area contributed by atoms with E-state index in [1.54, 1.807) is 12.1 Å². The summed E-state index contributed by atoms with van der Waals surface area (Å²) in [4.78, 5) is 0.208. The van der Waals surface area contributed by atoms with Crippen molar-refractivity contribution in [2.24, 2.45) is 5.41 Å². The molecule has 1 aromatic carbocycles. The molecule has 2 saturated carbocycles. The quantitative estimate of drug-likeness (QED) is 0.822. The van der Waals surface area contributed by atoms with Gasteiger partial charge in [-0.3, -0.25) is 0 Å². The van der Waals surface area contributed by atoms with E-state index in [1.807, 2.05) is 0 Å². The van der Waals surface area contributed by atoms with E-state index in [-0.39, 0.29) is 10.3 Å². The van der Waals surface area contributed by atoms with Crippen molar-refractivity contribution in [3.05, 3.63) is 29.3 Å². The maximum Gasteiger partial charge on any atom is 0.197 e. The van der Waals surface area contributed by atoms with E-state index in [0.717, 1.165) is 25.7 Å². The van der Waals surface area contributed by atoms with Gasteiger partial charge < -0.3 is 0 Å². The molecule has 0 N–H and O–H groups in total. The summed E-state index contributed by atoms with van der Waals surface area (Å²) in [6.07, 6.45) is 6.64. The molecular weight excluding hydrogens is 306 g/mol. The van der Waals surface area contributed by atoms with Gasteiger partial charge in [-0.25, -0.2) is 8.42 Å². The minimum absolute atomic E-state index is 0.0907. The molecule has 1 spiro atoms. The second-order valence-electron chi connectivity index (χ2n) is 6.48. The van der Waals surface area contributed by atoms with E-state index in [4.69, 9.17) is 11.6 Å². The highest BCUT2D eigenvalue weighted by molar-refractivity contribution is 7.93. The maximum absolute atomic E-state index is 12.8. The summed E-state index contributed by atoms with van der Waals surface area (Å²) in [5, 5.41) is 10.0. The van der Waals surface area contributed by atoms with E-state index in [0.29, 0.717) is 17.9 Å². The molecule has 0 aliphatic heterocycles. The predicted molar refractivity (Wildman–Crippen MR) is 81.7 cm³/mol. The zero-order chi connectivity index (χ0) is 15.1. The highest BCUT2D eigenvalue weighted by Crippen LogP contribution is 2.60. The summed E-state index contributed by atoms with van der Waals surface area (Å²) in [5.41, 5.74) is 0.0907. The van der Waals surface area contributed by atoms with Crippen LogP contribution in [0.1, 0.15) is 44.9 Å². The highest BCUT2D eigenvalue weighted by atomic mass is 35.5. The minimum atomic E-state index is -3.63. The molecule has 0 amide bonds. The molecule has 3 nitrogen and oxygen atoms in total. The number of benzene rings is 1. The number of rotatable bonds is 2. The van der Waals surface area contributed by atoms with Crippen LogP contribution in [0.4, 0.5) is 0 Å². The zero-order valence-electron chi connectivity index (χ0n) is 11.8. The molecule has 0 atom stereocenters. The Kier molecular flexibility index (Phi) is 3.54. The summed E-state index contributed by atoms with van der Waals surface area (Å²) >= 11 is 5.81. The van der Waals surface area contributed by atoms with Crippen LogP contribution < -0.4 is 0 Å². The van der Waals surface area contributed by atoms with E-state index >= 15 is 0 Å². The average Bonchev–Trinajstić information content (AvgIpc) is 2.45. The first-order valence-corrected chi connectivity index (χ1v) is 9.21. The standard InChI is InChI=1S/C16H18ClNO2S/c17-13-4-6-14(7-5-13)21(19,20)16(12-18)10-15(11-16)8-2-1-3-9-15/h4-7H,1-3,8-11H2. The molecule has 0 radical (unpaired) electrons. The van der Waals surface area contributed by atoms with Crippen LogP contribution >= 0.6 is 11.6 Å². The molecule has 112 valence electrons. The van der Waals surface area contributed by atoms with Gasteiger partial charge >= 0.3 is 0 Å². The van der Waals surface area contributed by atoms with Crippen LogP contribution in [0.5, 0.6) is 0 Å². The highest BCUT2D eigenvalue weighted by Gasteiger charge is 2.62. The first-order chi connectivity index (χ1) is 9.93. The number of nitrogens with zero attached hydrogens (tertiary/aromatic N) is 1. The van der Waals surface area contributed by atoms with E-state index < -0.39 is 14.6 Å². The zero-order valence-corrected chi connectivity index (χ0v) is 13.4. The fourth-order valence-corrected chi connectivity index (χ4v) is 6.17. The maximum atomic E-state index is 12.8. The summed E-state index contributed by atoms with van der Waals surface area (Å²) in [5.74, 6) is 0. The van der Waals surface area contributed by atoms with E-state index in [1.165, 1.54) is 18.6 Å². The lowest BCUT2D eigenvalue weighted by atomic mass is 9.56. The van der Waals surface area contributed by atoms with Gasteiger partial charge in [-0.05, 0) is 55.4 Å². The lowest BCUT2D eigenvalue weighted by Crippen LogP contribution is -2.56. The second-order valence-corrected chi connectivity index (χ2v) is 9.17. The number of sulfone groups is 1. The lowest BCUT2D eigenvalue weighted by molar-refractivity contribution is 0.0548. The van der Waals surface area contributed by atoms with Gasteiger partial charge in [0.1, 0.15) is 0 Å². The SMILES string of the molecule is N#CC1(S(=O)(=O)c2ccc(Cl)cc2)CC2(CCCCC2)C1. The second kappa shape index (κ2) is 5.00.